The normalized spacial score (nSPS) is 12.5. The Morgan fingerprint density at radius 2 is 1.92 bits per heavy atom. The van der Waals surface area contributed by atoms with Crippen molar-refractivity contribution in [3.05, 3.63) is 48.3 Å². The summed E-state index contributed by atoms with van der Waals surface area (Å²) in [5.41, 5.74) is 2.43. The molecule has 0 saturated heterocycles. The lowest BCUT2D eigenvalue weighted by Gasteiger charge is -2.33. The van der Waals surface area contributed by atoms with Crippen LogP contribution >= 0.6 is 0 Å². The number of nitrogens with zero attached hydrogens (tertiary/aromatic N) is 4. The van der Waals surface area contributed by atoms with Crippen LogP contribution < -0.4 is 10.6 Å². The van der Waals surface area contributed by atoms with Crippen LogP contribution in [0.4, 0.5) is 0 Å². The third kappa shape index (κ3) is 5.60. The summed E-state index contributed by atoms with van der Waals surface area (Å²) in [4.78, 5) is 6.50. The van der Waals surface area contributed by atoms with Gasteiger partial charge in [-0.05, 0) is 58.1 Å². The van der Waals surface area contributed by atoms with E-state index in [2.05, 4.69) is 77.8 Å². The minimum atomic E-state index is 0.0694. The molecular weight excluding hydrogens is 312 g/mol. The molecule has 0 bridgehead atoms. The summed E-state index contributed by atoms with van der Waals surface area (Å²) in [7, 11) is 5.98. The number of aromatic nitrogens is 2. The molecule has 0 amide bonds. The molecule has 1 aromatic carbocycles. The molecule has 2 rings (SSSR count). The van der Waals surface area contributed by atoms with Crippen molar-refractivity contribution in [2.75, 3.05) is 34.2 Å². The zero-order chi connectivity index (χ0) is 18.3. The molecule has 6 heteroatoms. The number of rotatable bonds is 7. The molecule has 0 unspecified atom stereocenters. The molecule has 0 spiro atoms. The zero-order valence-electron chi connectivity index (χ0n) is 16.0. The molecule has 136 valence electrons. The van der Waals surface area contributed by atoms with E-state index in [4.69, 9.17) is 0 Å². The maximum Gasteiger partial charge on any atom is 0.191 e. The number of nitrogens with one attached hydrogen (secondary N) is 2. The van der Waals surface area contributed by atoms with Crippen LogP contribution in [0.25, 0.3) is 5.69 Å². The molecular formula is C19H30N6. The molecule has 2 aromatic rings. The van der Waals surface area contributed by atoms with Crippen LogP contribution in [0.15, 0.2) is 47.7 Å². The third-order valence-corrected chi connectivity index (χ3v) is 4.53. The van der Waals surface area contributed by atoms with Crippen molar-refractivity contribution in [2.24, 2.45) is 4.99 Å². The van der Waals surface area contributed by atoms with Crippen LogP contribution in [-0.2, 0) is 6.42 Å². The molecule has 1 heterocycles. The highest BCUT2D eigenvalue weighted by atomic mass is 15.3. The summed E-state index contributed by atoms with van der Waals surface area (Å²) in [6.07, 6.45) is 4.67. The monoisotopic (exact) mass is 342 g/mol. The van der Waals surface area contributed by atoms with Gasteiger partial charge in [-0.25, -0.2) is 4.68 Å². The van der Waals surface area contributed by atoms with E-state index < -0.39 is 0 Å². The second kappa shape index (κ2) is 8.67. The number of hydrogen-bond donors (Lipinski definition) is 2. The van der Waals surface area contributed by atoms with Crippen molar-refractivity contribution in [1.29, 1.82) is 0 Å². The van der Waals surface area contributed by atoms with Crippen LogP contribution in [0.1, 0.15) is 19.4 Å². The quantitative estimate of drug-likeness (QED) is 0.596. The minimum Gasteiger partial charge on any atom is -0.356 e. The SMILES string of the molecule is CN=C(NCCc1ccc(-n2cccn2)cc1)NCC(C)(C)N(C)C. The van der Waals surface area contributed by atoms with Crippen molar-refractivity contribution in [1.82, 2.24) is 25.3 Å². The molecule has 0 aliphatic rings. The summed E-state index contributed by atoms with van der Waals surface area (Å²) in [6.45, 7) is 6.07. The topological polar surface area (TPSA) is 57.5 Å². The molecule has 0 fully saturated rings. The van der Waals surface area contributed by atoms with Crippen LogP contribution in [0.3, 0.4) is 0 Å². The summed E-state index contributed by atoms with van der Waals surface area (Å²) in [6, 6.07) is 10.4. The van der Waals surface area contributed by atoms with Crippen LogP contribution in [-0.4, -0.2) is 60.4 Å². The van der Waals surface area contributed by atoms with E-state index in [0.29, 0.717) is 0 Å². The summed E-state index contributed by atoms with van der Waals surface area (Å²) in [5.74, 6) is 0.836. The molecule has 0 radical (unpaired) electrons. The van der Waals surface area contributed by atoms with E-state index in [1.54, 1.807) is 13.2 Å². The fraction of sp³-hybridized carbons (Fsp3) is 0.474. The Kier molecular flexibility index (Phi) is 6.58. The van der Waals surface area contributed by atoms with E-state index in [1.165, 1.54) is 5.56 Å². The highest BCUT2D eigenvalue weighted by Gasteiger charge is 2.20. The smallest absolute Gasteiger partial charge is 0.191 e. The van der Waals surface area contributed by atoms with Gasteiger partial charge in [-0.2, -0.15) is 5.10 Å². The first kappa shape index (κ1) is 19.0. The van der Waals surface area contributed by atoms with Gasteiger partial charge in [-0.15, -0.1) is 0 Å². The van der Waals surface area contributed by atoms with Gasteiger partial charge in [-0.3, -0.25) is 4.99 Å². The Bertz CT molecular complexity index is 656. The van der Waals surface area contributed by atoms with Gasteiger partial charge >= 0.3 is 0 Å². The van der Waals surface area contributed by atoms with Gasteiger partial charge in [0.15, 0.2) is 5.96 Å². The van der Waals surface area contributed by atoms with Crippen molar-refractivity contribution in [3.63, 3.8) is 0 Å². The van der Waals surface area contributed by atoms with Crippen molar-refractivity contribution >= 4 is 5.96 Å². The largest absolute Gasteiger partial charge is 0.356 e. The first-order chi connectivity index (χ1) is 11.9. The predicted molar refractivity (Wildman–Crippen MR) is 104 cm³/mol. The maximum atomic E-state index is 4.29. The minimum absolute atomic E-state index is 0.0694. The van der Waals surface area contributed by atoms with Gasteiger partial charge in [-0.1, -0.05) is 12.1 Å². The van der Waals surface area contributed by atoms with Crippen molar-refractivity contribution < 1.29 is 0 Å². The van der Waals surface area contributed by atoms with Crippen molar-refractivity contribution in [2.45, 2.75) is 25.8 Å². The Morgan fingerprint density at radius 1 is 1.20 bits per heavy atom. The molecule has 0 atom stereocenters. The van der Waals surface area contributed by atoms with Crippen LogP contribution in [0, 0.1) is 0 Å². The van der Waals surface area contributed by atoms with Gasteiger partial charge in [0.05, 0.1) is 5.69 Å². The van der Waals surface area contributed by atoms with Gasteiger partial charge in [0.2, 0.25) is 0 Å². The Balaban J connectivity index is 1.79. The lowest BCUT2D eigenvalue weighted by molar-refractivity contribution is 0.197. The highest BCUT2D eigenvalue weighted by Crippen LogP contribution is 2.09. The molecule has 1 aromatic heterocycles. The average molecular weight is 342 g/mol. The fourth-order valence-corrected chi connectivity index (χ4v) is 2.24. The van der Waals surface area contributed by atoms with E-state index in [1.807, 2.05) is 16.9 Å². The predicted octanol–water partition coefficient (Wildman–Crippen LogP) is 1.92. The number of aliphatic imine (C=N–C) groups is 1. The summed E-state index contributed by atoms with van der Waals surface area (Å²) < 4.78 is 1.86. The number of guanidine groups is 1. The van der Waals surface area contributed by atoms with E-state index in [9.17, 15) is 0 Å². The Hall–Kier alpha value is -2.34. The van der Waals surface area contributed by atoms with E-state index >= 15 is 0 Å². The van der Waals surface area contributed by atoms with Gasteiger partial charge in [0, 0.05) is 38.1 Å². The van der Waals surface area contributed by atoms with Crippen LogP contribution in [0.2, 0.25) is 0 Å². The second-order valence-electron chi connectivity index (χ2n) is 6.93. The van der Waals surface area contributed by atoms with Crippen molar-refractivity contribution in [3.8, 4) is 5.69 Å². The second-order valence-corrected chi connectivity index (χ2v) is 6.93. The number of hydrogen-bond acceptors (Lipinski definition) is 3. The standard InChI is InChI=1S/C19H30N6/c1-19(2,24(4)5)15-22-18(20-3)21-13-11-16-7-9-17(10-8-16)25-14-6-12-23-25/h6-10,12,14H,11,13,15H2,1-5H3,(H2,20,21,22). The lowest BCUT2D eigenvalue weighted by atomic mass is 10.0. The fourth-order valence-electron chi connectivity index (χ4n) is 2.24. The number of likely N-dealkylation sites (N-methyl/N-ethyl adjacent to an activating group) is 1. The molecule has 6 nitrogen and oxygen atoms in total. The summed E-state index contributed by atoms with van der Waals surface area (Å²) >= 11 is 0. The summed E-state index contributed by atoms with van der Waals surface area (Å²) in [5, 5.41) is 11.0. The zero-order valence-corrected chi connectivity index (χ0v) is 16.0. The van der Waals surface area contributed by atoms with Gasteiger partial charge in [0.1, 0.15) is 0 Å². The lowest BCUT2D eigenvalue weighted by Crippen LogP contribution is -2.51. The van der Waals surface area contributed by atoms with Crippen LogP contribution in [0.5, 0.6) is 0 Å². The molecule has 0 saturated carbocycles. The molecule has 0 aliphatic heterocycles. The average Bonchev–Trinajstić information content (AvgIpc) is 3.13. The Morgan fingerprint density at radius 3 is 2.48 bits per heavy atom. The molecule has 2 N–H and O–H groups in total. The first-order valence-electron chi connectivity index (χ1n) is 8.63. The third-order valence-electron chi connectivity index (χ3n) is 4.53. The van der Waals surface area contributed by atoms with Gasteiger partial charge in [0.25, 0.3) is 0 Å². The van der Waals surface area contributed by atoms with Gasteiger partial charge < -0.3 is 15.5 Å². The first-order valence-corrected chi connectivity index (χ1v) is 8.63. The Labute approximate surface area is 151 Å². The number of benzene rings is 1. The molecule has 25 heavy (non-hydrogen) atoms. The highest BCUT2D eigenvalue weighted by molar-refractivity contribution is 5.79. The maximum absolute atomic E-state index is 4.29. The van der Waals surface area contributed by atoms with E-state index in [-0.39, 0.29) is 5.54 Å². The molecule has 0 aliphatic carbocycles. The van der Waals surface area contributed by atoms with E-state index in [0.717, 1.165) is 31.2 Å².